The van der Waals surface area contributed by atoms with E-state index in [9.17, 15) is 9.59 Å². The zero-order chi connectivity index (χ0) is 16.9. The number of imidazole rings is 1. The molecule has 9 heteroatoms. The highest BCUT2D eigenvalue weighted by Gasteiger charge is 2.10. The molecule has 0 aliphatic heterocycles. The quantitative estimate of drug-likeness (QED) is 0.735. The van der Waals surface area contributed by atoms with Gasteiger partial charge in [-0.1, -0.05) is 6.07 Å². The van der Waals surface area contributed by atoms with Crippen LogP contribution in [0.1, 0.15) is 11.4 Å². The van der Waals surface area contributed by atoms with Crippen molar-refractivity contribution in [3.8, 4) is 0 Å². The lowest BCUT2D eigenvalue weighted by Crippen LogP contribution is -2.24. The fourth-order valence-electron chi connectivity index (χ4n) is 2.07. The third-order valence-electron chi connectivity index (χ3n) is 3.17. The first-order valence-electron chi connectivity index (χ1n) is 7.13. The van der Waals surface area contributed by atoms with Crippen LogP contribution in [0.15, 0.2) is 36.0 Å². The van der Waals surface area contributed by atoms with Crippen molar-refractivity contribution in [2.45, 2.75) is 13.0 Å². The molecule has 3 heterocycles. The number of amides is 2. The molecule has 0 fully saturated rings. The van der Waals surface area contributed by atoms with Gasteiger partial charge in [0.25, 0.3) is 0 Å². The second-order valence-electron chi connectivity index (χ2n) is 4.91. The molecule has 0 saturated carbocycles. The number of anilines is 1. The van der Waals surface area contributed by atoms with Crippen LogP contribution in [0.3, 0.4) is 0 Å². The van der Waals surface area contributed by atoms with Gasteiger partial charge in [0.05, 0.1) is 31.5 Å². The van der Waals surface area contributed by atoms with Crippen LogP contribution in [-0.2, 0) is 22.5 Å². The van der Waals surface area contributed by atoms with Crippen molar-refractivity contribution < 1.29 is 14.3 Å². The third-order valence-corrected chi connectivity index (χ3v) is 3.97. The van der Waals surface area contributed by atoms with Crippen LogP contribution in [0.5, 0.6) is 0 Å². The van der Waals surface area contributed by atoms with Gasteiger partial charge in [0, 0.05) is 17.8 Å². The predicted molar refractivity (Wildman–Crippen MR) is 88.9 cm³/mol. The second-order valence-corrected chi connectivity index (χ2v) is 5.77. The van der Waals surface area contributed by atoms with Gasteiger partial charge in [-0.05, 0) is 12.1 Å². The number of hydrogen-bond acceptors (Lipinski definition) is 6. The number of thiazole rings is 1. The second kappa shape index (κ2) is 7.09. The number of hydrogen-bond donors (Lipinski definition) is 2. The minimum Gasteiger partial charge on any atom is -0.453 e. The topological polar surface area (TPSA) is 97.6 Å². The van der Waals surface area contributed by atoms with Crippen LogP contribution in [-0.4, -0.2) is 33.5 Å². The molecule has 0 aliphatic rings. The Bertz CT molecular complexity index is 840. The van der Waals surface area contributed by atoms with E-state index >= 15 is 0 Å². The molecular weight excluding hydrogens is 330 g/mol. The van der Waals surface area contributed by atoms with Crippen LogP contribution in [0.25, 0.3) is 5.65 Å². The fraction of sp³-hybridized carbons (Fsp3) is 0.200. The minimum atomic E-state index is -0.591. The number of nitrogens with one attached hydrogen (secondary N) is 2. The predicted octanol–water partition coefficient (Wildman–Crippen LogP) is 1.83. The molecule has 2 N–H and O–H groups in total. The Labute approximate surface area is 141 Å². The van der Waals surface area contributed by atoms with E-state index in [1.165, 1.54) is 18.4 Å². The maximum atomic E-state index is 12.0. The molecule has 24 heavy (non-hydrogen) atoms. The highest BCUT2D eigenvalue weighted by Crippen LogP contribution is 2.16. The summed E-state index contributed by atoms with van der Waals surface area (Å²) in [5.41, 5.74) is 2.19. The average Bonchev–Trinajstić information content (AvgIpc) is 3.19. The van der Waals surface area contributed by atoms with Gasteiger partial charge in [0.2, 0.25) is 5.91 Å². The van der Waals surface area contributed by atoms with Crippen LogP contribution < -0.4 is 10.6 Å². The summed E-state index contributed by atoms with van der Waals surface area (Å²) in [7, 11) is 1.27. The van der Waals surface area contributed by atoms with Crippen LogP contribution in [0.4, 0.5) is 9.93 Å². The zero-order valence-corrected chi connectivity index (χ0v) is 13.7. The summed E-state index contributed by atoms with van der Waals surface area (Å²) in [5, 5.41) is 7.38. The van der Waals surface area contributed by atoms with Gasteiger partial charge in [-0.15, -0.1) is 11.3 Å². The van der Waals surface area contributed by atoms with Crippen molar-refractivity contribution >= 4 is 34.1 Å². The van der Waals surface area contributed by atoms with Gasteiger partial charge >= 0.3 is 6.09 Å². The van der Waals surface area contributed by atoms with Gasteiger partial charge in [-0.3, -0.25) is 10.1 Å². The summed E-state index contributed by atoms with van der Waals surface area (Å²) in [6.45, 7) is 0.345. The molecule has 0 aliphatic carbocycles. The number of rotatable bonds is 5. The third kappa shape index (κ3) is 3.87. The molecule has 124 valence electrons. The minimum absolute atomic E-state index is 0.132. The Kier molecular flexibility index (Phi) is 4.71. The monoisotopic (exact) mass is 345 g/mol. The molecule has 0 aromatic carbocycles. The number of aromatic nitrogens is 3. The summed E-state index contributed by atoms with van der Waals surface area (Å²) in [4.78, 5) is 31.7. The Morgan fingerprint density at radius 1 is 1.29 bits per heavy atom. The summed E-state index contributed by atoms with van der Waals surface area (Å²) >= 11 is 1.23. The molecule has 0 atom stereocenters. The van der Waals surface area contributed by atoms with E-state index in [2.05, 4.69) is 25.3 Å². The lowest BCUT2D eigenvalue weighted by atomic mass is 10.3. The molecule has 0 saturated heterocycles. The maximum Gasteiger partial charge on any atom is 0.413 e. The molecule has 3 aromatic rings. The highest BCUT2D eigenvalue weighted by atomic mass is 32.1. The van der Waals surface area contributed by atoms with Gasteiger partial charge < -0.3 is 14.5 Å². The van der Waals surface area contributed by atoms with Crippen molar-refractivity contribution in [3.05, 3.63) is 47.4 Å². The van der Waals surface area contributed by atoms with Crippen molar-refractivity contribution in [2.24, 2.45) is 0 Å². The van der Waals surface area contributed by atoms with E-state index in [-0.39, 0.29) is 12.3 Å². The number of nitrogens with zero attached hydrogens (tertiary/aromatic N) is 3. The van der Waals surface area contributed by atoms with E-state index in [1.807, 2.05) is 35.0 Å². The van der Waals surface area contributed by atoms with Crippen molar-refractivity contribution in [1.82, 2.24) is 19.7 Å². The Balaban J connectivity index is 1.53. The Morgan fingerprint density at radius 2 is 2.17 bits per heavy atom. The number of methoxy groups -OCH3 is 1. The van der Waals surface area contributed by atoms with E-state index < -0.39 is 6.09 Å². The first kappa shape index (κ1) is 15.9. The van der Waals surface area contributed by atoms with Crippen LogP contribution in [0.2, 0.25) is 0 Å². The van der Waals surface area contributed by atoms with E-state index in [1.54, 1.807) is 5.38 Å². The molecule has 0 spiro atoms. The molecule has 0 bridgehead atoms. The summed E-state index contributed by atoms with van der Waals surface area (Å²) in [5.74, 6) is -0.165. The number of fused-ring (bicyclic) bond motifs is 1. The SMILES string of the molecule is COC(=O)Nc1nc(CC(=O)NCc2cn3ccccc3n2)cs1. The number of carbonyl (C=O) groups excluding carboxylic acids is 2. The van der Waals surface area contributed by atoms with Gasteiger partial charge in [-0.2, -0.15) is 0 Å². The average molecular weight is 345 g/mol. The number of carbonyl (C=O) groups is 2. The number of pyridine rings is 1. The first-order chi connectivity index (χ1) is 11.6. The van der Waals surface area contributed by atoms with Crippen molar-refractivity contribution in [1.29, 1.82) is 0 Å². The van der Waals surface area contributed by atoms with E-state index in [0.717, 1.165) is 11.3 Å². The maximum absolute atomic E-state index is 12.0. The Morgan fingerprint density at radius 3 is 2.96 bits per heavy atom. The lowest BCUT2D eigenvalue weighted by molar-refractivity contribution is -0.120. The molecule has 3 aromatic heterocycles. The summed E-state index contributed by atoms with van der Waals surface area (Å²) in [6.07, 6.45) is 3.31. The van der Waals surface area contributed by atoms with Crippen LogP contribution in [0, 0.1) is 0 Å². The first-order valence-corrected chi connectivity index (χ1v) is 8.00. The van der Waals surface area contributed by atoms with E-state index in [4.69, 9.17) is 0 Å². The van der Waals surface area contributed by atoms with Gasteiger partial charge in [0.15, 0.2) is 5.13 Å². The van der Waals surface area contributed by atoms with Crippen molar-refractivity contribution in [3.63, 3.8) is 0 Å². The van der Waals surface area contributed by atoms with Crippen molar-refractivity contribution in [2.75, 3.05) is 12.4 Å². The molecular formula is C15H15N5O3S. The molecule has 3 rings (SSSR count). The number of ether oxygens (including phenoxy) is 1. The van der Waals surface area contributed by atoms with E-state index in [0.29, 0.717) is 17.4 Å². The molecule has 0 radical (unpaired) electrons. The highest BCUT2D eigenvalue weighted by molar-refractivity contribution is 7.13. The fourth-order valence-corrected chi connectivity index (χ4v) is 2.77. The summed E-state index contributed by atoms with van der Waals surface area (Å²) in [6, 6.07) is 5.72. The molecule has 2 amide bonds. The molecule has 8 nitrogen and oxygen atoms in total. The normalized spacial score (nSPS) is 10.5. The lowest BCUT2D eigenvalue weighted by Gasteiger charge is -2.01. The van der Waals surface area contributed by atoms with Gasteiger partial charge in [0.1, 0.15) is 5.65 Å². The molecule has 0 unspecified atom stereocenters. The largest absolute Gasteiger partial charge is 0.453 e. The Hall–Kier alpha value is -2.94. The standard InChI is InChI=1S/C15H15N5O3S/c1-23-15(22)19-14-18-10(9-24-14)6-13(21)16-7-11-8-20-5-3-2-4-12(20)17-11/h2-5,8-9H,6-7H2,1H3,(H,16,21)(H,18,19,22). The summed E-state index contributed by atoms with van der Waals surface area (Å²) < 4.78 is 6.38. The smallest absolute Gasteiger partial charge is 0.413 e. The zero-order valence-electron chi connectivity index (χ0n) is 12.9. The van der Waals surface area contributed by atoms with Gasteiger partial charge in [-0.25, -0.2) is 14.8 Å². The van der Waals surface area contributed by atoms with Crippen LogP contribution >= 0.6 is 11.3 Å².